The summed E-state index contributed by atoms with van der Waals surface area (Å²) in [6.07, 6.45) is 4.64. The number of aliphatic imine (C=N–C) groups is 1. The van der Waals surface area contributed by atoms with Crippen LogP contribution < -0.4 is 0 Å². The molecule has 0 saturated carbocycles. The van der Waals surface area contributed by atoms with Crippen molar-refractivity contribution < 1.29 is 9.32 Å². The molecule has 2 aromatic rings. The molecule has 0 unspecified atom stereocenters. The summed E-state index contributed by atoms with van der Waals surface area (Å²) in [4.78, 5) is 20.2. The Labute approximate surface area is 159 Å². The number of rotatable bonds is 4. The topological polar surface area (TPSA) is 68.3 Å². The van der Waals surface area contributed by atoms with E-state index in [9.17, 15) is 4.79 Å². The van der Waals surface area contributed by atoms with E-state index >= 15 is 0 Å². The zero-order valence-electron chi connectivity index (χ0n) is 16.4. The van der Waals surface area contributed by atoms with Gasteiger partial charge >= 0.3 is 0 Å². The predicted octanol–water partition coefficient (Wildman–Crippen LogP) is 4.40. The van der Waals surface area contributed by atoms with Crippen molar-refractivity contribution in [1.82, 2.24) is 10.1 Å². The first-order chi connectivity index (χ1) is 12.9. The fraction of sp³-hybridized carbons (Fsp3) is 0.455. The molecule has 0 saturated heterocycles. The predicted molar refractivity (Wildman–Crippen MR) is 105 cm³/mol. The Morgan fingerprint density at radius 3 is 2.67 bits per heavy atom. The standard InChI is InChI=1S/C22H25N3O2/c1-13-9-15(10-14(2)17(13)6-8-26)20-24-21(27-25-20)19-18-5-7-22(3,4)11-16(18)12-23-19/h8-10H,5-7,11-12H2,1-4H3. The monoisotopic (exact) mass is 363 g/mol. The molecule has 2 aliphatic rings. The van der Waals surface area contributed by atoms with E-state index in [2.05, 4.69) is 24.0 Å². The average molecular weight is 363 g/mol. The number of allylic oxidation sites excluding steroid dienone is 1. The molecular weight excluding hydrogens is 338 g/mol. The second-order valence-electron chi connectivity index (χ2n) is 8.47. The molecule has 1 aliphatic heterocycles. The Balaban J connectivity index is 1.64. The summed E-state index contributed by atoms with van der Waals surface area (Å²) in [5.41, 5.74) is 8.07. The van der Waals surface area contributed by atoms with Gasteiger partial charge in [-0.1, -0.05) is 19.0 Å². The quantitative estimate of drug-likeness (QED) is 0.755. The fourth-order valence-electron chi connectivity index (χ4n) is 4.28. The van der Waals surface area contributed by atoms with Gasteiger partial charge in [0, 0.05) is 12.0 Å². The minimum absolute atomic E-state index is 0.349. The molecule has 140 valence electrons. The van der Waals surface area contributed by atoms with Gasteiger partial charge in [-0.3, -0.25) is 4.99 Å². The lowest BCUT2D eigenvalue weighted by atomic mass is 9.74. The van der Waals surface area contributed by atoms with Crippen LogP contribution >= 0.6 is 0 Å². The molecule has 1 aliphatic carbocycles. The van der Waals surface area contributed by atoms with Crippen LogP contribution in [0.1, 0.15) is 55.7 Å². The summed E-state index contributed by atoms with van der Waals surface area (Å²) >= 11 is 0. The van der Waals surface area contributed by atoms with Crippen LogP contribution in [0.25, 0.3) is 11.4 Å². The maximum atomic E-state index is 10.9. The molecule has 0 bridgehead atoms. The summed E-state index contributed by atoms with van der Waals surface area (Å²) in [5.74, 6) is 1.09. The summed E-state index contributed by atoms with van der Waals surface area (Å²) in [6.45, 7) is 9.41. The third-order valence-electron chi connectivity index (χ3n) is 5.75. The van der Waals surface area contributed by atoms with Crippen LogP contribution in [0.5, 0.6) is 0 Å². The van der Waals surface area contributed by atoms with Crippen LogP contribution in [0.4, 0.5) is 0 Å². The zero-order chi connectivity index (χ0) is 19.2. The number of benzene rings is 1. The first kappa shape index (κ1) is 17.8. The first-order valence-corrected chi connectivity index (χ1v) is 9.52. The van der Waals surface area contributed by atoms with Crippen LogP contribution in [-0.2, 0) is 11.2 Å². The number of hydrogen-bond acceptors (Lipinski definition) is 5. The third kappa shape index (κ3) is 3.27. The van der Waals surface area contributed by atoms with Crippen molar-refractivity contribution >= 4 is 12.0 Å². The number of hydrogen-bond donors (Lipinski definition) is 0. The lowest BCUT2D eigenvalue weighted by Gasteiger charge is -2.30. The zero-order valence-corrected chi connectivity index (χ0v) is 16.4. The highest BCUT2D eigenvalue weighted by Crippen LogP contribution is 2.42. The highest BCUT2D eigenvalue weighted by molar-refractivity contribution is 6.12. The molecule has 5 nitrogen and oxygen atoms in total. The van der Waals surface area contributed by atoms with Crippen LogP contribution in [0.2, 0.25) is 0 Å². The molecule has 0 N–H and O–H groups in total. The van der Waals surface area contributed by atoms with Crippen LogP contribution in [0.15, 0.2) is 32.8 Å². The average Bonchev–Trinajstić information content (AvgIpc) is 3.23. The minimum Gasteiger partial charge on any atom is -0.332 e. The van der Waals surface area contributed by atoms with Crippen LogP contribution in [0, 0.1) is 19.3 Å². The van der Waals surface area contributed by atoms with E-state index in [1.807, 2.05) is 26.0 Å². The van der Waals surface area contributed by atoms with Crippen molar-refractivity contribution in [2.75, 3.05) is 6.54 Å². The molecule has 1 aromatic carbocycles. The molecule has 0 radical (unpaired) electrons. The van der Waals surface area contributed by atoms with Gasteiger partial charge in [-0.05, 0) is 78.5 Å². The Morgan fingerprint density at radius 2 is 1.96 bits per heavy atom. The molecule has 1 aromatic heterocycles. The van der Waals surface area contributed by atoms with Gasteiger partial charge in [-0.25, -0.2) is 0 Å². The van der Waals surface area contributed by atoms with Gasteiger partial charge < -0.3 is 9.32 Å². The van der Waals surface area contributed by atoms with E-state index in [-0.39, 0.29) is 0 Å². The Morgan fingerprint density at radius 1 is 1.22 bits per heavy atom. The van der Waals surface area contributed by atoms with Gasteiger partial charge in [0.05, 0.1) is 6.54 Å². The van der Waals surface area contributed by atoms with E-state index in [0.717, 1.165) is 60.1 Å². The van der Waals surface area contributed by atoms with Crippen LogP contribution in [-0.4, -0.2) is 28.7 Å². The molecule has 0 fully saturated rings. The number of carbonyl (C=O) groups is 1. The summed E-state index contributed by atoms with van der Waals surface area (Å²) in [7, 11) is 0. The van der Waals surface area contributed by atoms with E-state index in [1.165, 1.54) is 11.1 Å². The van der Waals surface area contributed by atoms with Crippen molar-refractivity contribution in [3.8, 4) is 11.4 Å². The van der Waals surface area contributed by atoms with Crippen molar-refractivity contribution in [2.45, 2.75) is 53.4 Å². The Bertz CT molecular complexity index is 956. The van der Waals surface area contributed by atoms with Crippen molar-refractivity contribution in [1.29, 1.82) is 0 Å². The SMILES string of the molecule is Cc1cc(-c2noc(C3=NCC4=C3CCC(C)(C)C4)n2)cc(C)c1CC=O. The van der Waals surface area contributed by atoms with Crippen molar-refractivity contribution in [2.24, 2.45) is 10.4 Å². The highest BCUT2D eigenvalue weighted by Gasteiger charge is 2.33. The van der Waals surface area contributed by atoms with E-state index < -0.39 is 0 Å². The minimum atomic E-state index is 0.349. The van der Waals surface area contributed by atoms with Gasteiger partial charge in [0.15, 0.2) is 0 Å². The highest BCUT2D eigenvalue weighted by atomic mass is 16.5. The lowest BCUT2D eigenvalue weighted by molar-refractivity contribution is -0.107. The molecule has 5 heteroatoms. The Kier molecular flexibility index (Phi) is 4.33. The number of aldehydes is 1. The molecule has 4 rings (SSSR count). The van der Waals surface area contributed by atoms with Gasteiger partial charge in [0.25, 0.3) is 5.89 Å². The number of nitrogens with zero attached hydrogens (tertiary/aromatic N) is 3. The summed E-state index contributed by atoms with van der Waals surface area (Å²) in [6, 6.07) is 4.04. The summed E-state index contributed by atoms with van der Waals surface area (Å²) < 4.78 is 5.58. The molecule has 2 heterocycles. The van der Waals surface area contributed by atoms with Crippen molar-refractivity contribution in [3.63, 3.8) is 0 Å². The second-order valence-corrected chi connectivity index (χ2v) is 8.47. The van der Waals surface area contributed by atoms with Crippen LogP contribution in [0.3, 0.4) is 0 Å². The summed E-state index contributed by atoms with van der Waals surface area (Å²) in [5, 5.41) is 4.20. The number of carbonyl (C=O) groups excluding carboxylic acids is 1. The van der Waals surface area contributed by atoms with E-state index in [0.29, 0.717) is 23.6 Å². The van der Waals surface area contributed by atoms with Gasteiger partial charge in [0.1, 0.15) is 12.0 Å². The molecule has 0 spiro atoms. The van der Waals surface area contributed by atoms with E-state index in [1.54, 1.807) is 0 Å². The normalized spacial score (nSPS) is 18.4. The smallest absolute Gasteiger partial charge is 0.276 e. The molecular formula is C22H25N3O2. The maximum Gasteiger partial charge on any atom is 0.276 e. The third-order valence-corrected chi connectivity index (χ3v) is 5.75. The van der Waals surface area contributed by atoms with Gasteiger partial charge in [-0.15, -0.1) is 0 Å². The Hall–Kier alpha value is -2.56. The molecule has 27 heavy (non-hydrogen) atoms. The van der Waals surface area contributed by atoms with Gasteiger partial charge in [0.2, 0.25) is 5.82 Å². The largest absolute Gasteiger partial charge is 0.332 e. The van der Waals surface area contributed by atoms with E-state index in [4.69, 9.17) is 9.52 Å². The van der Waals surface area contributed by atoms with Crippen molar-refractivity contribution in [3.05, 3.63) is 45.9 Å². The number of aromatic nitrogens is 2. The molecule has 0 amide bonds. The second kappa shape index (κ2) is 6.55. The lowest BCUT2D eigenvalue weighted by Crippen LogP contribution is -2.20. The van der Waals surface area contributed by atoms with Gasteiger partial charge in [-0.2, -0.15) is 4.98 Å². The fourth-order valence-corrected chi connectivity index (χ4v) is 4.28. The number of aryl methyl sites for hydroxylation is 2. The molecule has 0 atom stereocenters. The first-order valence-electron chi connectivity index (χ1n) is 9.52. The maximum absolute atomic E-state index is 10.9.